The number of ketones is 2. The minimum atomic E-state index is -1.09. The van der Waals surface area contributed by atoms with E-state index in [1.54, 1.807) is 20.8 Å². The van der Waals surface area contributed by atoms with Gasteiger partial charge in [0.2, 0.25) is 5.91 Å². The Morgan fingerprint density at radius 2 is 1.63 bits per heavy atom. The number of carboxylic acids is 1. The molecule has 0 spiro atoms. The summed E-state index contributed by atoms with van der Waals surface area (Å²) >= 11 is 0. The van der Waals surface area contributed by atoms with Crippen LogP contribution in [0.2, 0.25) is 0 Å². The first-order valence-electron chi connectivity index (χ1n) is 11.8. The second kappa shape index (κ2) is 14.2. The summed E-state index contributed by atoms with van der Waals surface area (Å²) in [6.45, 7) is 8.63. The summed E-state index contributed by atoms with van der Waals surface area (Å²) in [7, 11) is 0. The average Bonchev–Trinajstić information content (AvgIpc) is 2.74. The quantitative estimate of drug-likeness (QED) is 0.364. The van der Waals surface area contributed by atoms with Crippen LogP contribution in [-0.4, -0.2) is 52.8 Å². The standard InChI is InChI=1S/C26H38N2O7/c1-17(2)13-21(22(30)11-12-23(31)32)28-24(33)19(14-18-9-7-6-8-10-18)15-20(29)16-27-25(34)35-26(3,4)5/h6-10,17,19,21H,11-16H2,1-5H3,(H,27,34)(H,28,33)(H,31,32). The molecule has 0 aliphatic carbocycles. The van der Waals surface area contributed by atoms with Gasteiger partial charge in [-0.2, -0.15) is 0 Å². The van der Waals surface area contributed by atoms with E-state index in [1.807, 2.05) is 44.2 Å². The Labute approximate surface area is 207 Å². The minimum absolute atomic E-state index is 0.0845. The minimum Gasteiger partial charge on any atom is -0.481 e. The van der Waals surface area contributed by atoms with Crippen molar-refractivity contribution in [2.45, 2.75) is 78.4 Å². The Kier molecular flexibility index (Phi) is 12.1. The van der Waals surface area contributed by atoms with Gasteiger partial charge in [-0.25, -0.2) is 4.79 Å². The van der Waals surface area contributed by atoms with Crippen LogP contribution in [0.5, 0.6) is 0 Å². The molecule has 194 valence electrons. The predicted octanol–water partition coefficient (Wildman–Crippen LogP) is 3.29. The van der Waals surface area contributed by atoms with E-state index in [0.717, 1.165) is 5.56 Å². The molecule has 2 amide bonds. The number of nitrogens with one attached hydrogen (secondary N) is 2. The number of alkyl carbamates (subject to hydrolysis) is 1. The second-order valence-corrected chi connectivity index (χ2v) is 10.0. The normalized spacial score (nSPS) is 13.0. The van der Waals surface area contributed by atoms with Gasteiger partial charge in [0.25, 0.3) is 0 Å². The van der Waals surface area contributed by atoms with Gasteiger partial charge in [0, 0.05) is 18.8 Å². The number of hydrogen-bond donors (Lipinski definition) is 3. The van der Waals surface area contributed by atoms with E-state index in [-0.39, 0.29) is 49.7 Å². The van der Waals surface area contributed by atoms with E-state index in [0.29, 0.717) is 6.42 Å². The summed E-state index contributed by atoms with van der Waals surface area (Å²) in [5, 5.41) is 14.1. The van der Waals surface area contributed by atoms with Gasteiger partial charge >= 0.3 is 12.1 Å². The molecule has 0 radical (unpaired) electrons. The number of aliphatic carboxylic acids is 1. The molecule has 0 saturated heterocycles. The molecule has 1 aromatic rings. The fraction of sp³-hybridized carbons (Fsp3) is 0.577. The number of rotatable bonds is 14. The van der Waals surface area contributed by atoms with E-state index < -0.39 is 35.5 Å². The molecule has 0 aliphatic heterocycles. The predicted molar refractivity (Wildman–Crippen MR) is 131 cm³/mol. The Hall–Kier alpha value is -3.23. The zero-order valence-electron chi connectivity index (χ0n) is 21.3. The average molecular weight is 491 g/mol. The highest BCUT2D eigenvalue weighted by molar-refractivity contribution is 5.93. The lowest BCUT2D eigenvalue weighted by Gasteiger charge is -2.23. The number of amides is 2. The van der Waals surface area contributed by atoms with Crippen LogP contribution in [0.25, 0.3) is 0 Å². The molecular formula is C26H38N2O7. The Morgan fingerprint density at radius 3 is 2.17 bits per heavy atom. The van der Waals surface area contributed by atoms with Crippen molar-refractivity contribution in [3.05, 3.63) is 35.9 Å². The summed E-state index contributed by atoms with van der Waals surface area (Å²) in [5.41, 5.74) is 0.139. The third-order valence-electron chi connectivity index (χ3n) is 5.00. The molecule has 0 saturated carbocycles. The van der Waals surface area contributed by atoms with Crippen molar-refractivity contribution in [2.24, 2.45) is 11.8 Å². The van der Waals surface area contributed by atoms with E-state index in [4.69, 9.17) is 9.84 Å². The van der Waals surface area contributed by atoms with Crippen LogP contribution in [0.1, 0.15) is 65.9 Å². The highest BCUT2D eigenvalue weighted by Gasteiger charge is 2.28. The zero-order valence-corrected chi connectivity index (χ0v) is 21.3. The molecule has 9 heteroatoms. The van der Waals surface area contributed by atoms with Crippen molar-refractivity contribution in [1.29, 1.82) is 0 Å². The van der Waals surface area contributed by atoms with Gasteiger partial charge in [-0.1, -0.05) is 44.2 Å². The molecule has 0 fully saturated rings. The maximum absolute atomic E-state index is 13.2. The third kappa shape index (κ3) is 13.3. The lowest BCUT2D eigenvalue weighted by atomic mass is 9.91. The van der Waals surface area contributed by atoms with Crippen molar-refractivity contribution in [2.75, 3.05) is 6.54 Å². The van der Waals surface area contributed by atoms with Gasteiger partial charge in [0.15, 0.2) is 11.6 Å². The lowest BCUT2D eigenvalue weighted by molar-refractivity contribution is -0.139. The smallest absolute Gasteiger partial charge is 0.408 e. The molecule has 0 aromatic heterocycles. The molecule has 0 aliphatic rings. The zero-order chi connectivity index (χ0) is 26.6. The van der Waals surface area contributed by atoms with E-state index >= 15 is 0 Å². The summed E-state index contributed by atoms with van der Waals surface area (Å²) in [6, 6.07) is 8.34. The van der Waals surface area contributed by atoms with Crippen molar-refractivity contribution in [3.8, 4) is 0 Å². The van der Waals surface area contributed by atoms with Crippen LogP contribution in [0.3, 0.4) is 0 Å². The molecular weight excluding hydrogens is 452 g/mol. The van der Waals surface area contributed by atoms with Gasteiger partial charge in [0.1, 0.15) is 5.60 Å². The van der Waals surface area contributed by atoms with Crippen LogP contribution in [0.15, 0.2) is 30.3 Å². The maximum atomic E-state index is 13.2. The van der Waals surface area contributed by atoms with Crippen LogP contribution < -0.4 is 10.6 Å². The SMILES string of the molecule is CC(C)CC(NC(=O)C(CC(=O)CNC(=O)OC(C)(C)C)Cc1ccccc1)C(=O)CCC(=O)O. The van der Waals surface area contributed by atoms with Crippen LogP contribution >= 0.6 is 0 Å². The highest BCUT2D eigenvalue weighted by Crippen LogP contribution is 2.16. The fourth-order valence-electron chi connectivity index (χ4n) is 3.42. The highest BCUT2D eigenvalue weighted by atomic mass is 16.6. The van der Waals surface area contributed by atoms with E-state index in [1.165, 1.54) is 0 Å². The van der Waals surface area contributed by atoms with E-state index in [9.17, 15) is 24.0 Å². The van der Waals surface area contributed by atoms with Crippen molar-refractivity contribution in [1.82, 2.24) is 10.6 Å². The molecule has 0 bridgehead atoms. The summed E-state index contributed by atoms with van der Waals surface area (Å²) in [4.78, 5) is 61.2. The number of hydrogen-bond acceptors (Lipinski definition) is 6. The van der Waals surface area contributed by atoms with Crippen molar-refractivity contribution < 1.29 is 33.8 Å². The number of carboxylic acid groups (broad SMARTS) is 1. The van der Waals surface area contributed by atoms with Crippen LogP contribution in [-0.2, 0) is 30.3 Å². The van der Waals surface area contributed by atoms with E-state index in [2.05, 4.69) is 10.6 Å². The molecule has 2 unspecified atom stereocenters. The number of carbonyl (C=O) groups is 5. The number of ether oxygens (including phenoxy) is 1. The first-order chi connectivity index (χ1) is 16.3. The largest absolute Gasteiger partial charge is 0.481 e. The summed E-state index contributed by atoms with van der Waals surface area (Å²) in [5.74, 6) is -2.95. The first-order valence-corrected chi connectivity index (χ1v) is 11.8. The number of benzene rings is 1. The summed E-state index contributed by atoms with van der Waals surface area (Å²) < 4.78 is 5.13. The first kappa shape index (κ1) is 29.8. The van der Waals surface area contributed by atoms with Crippen LogP contribution in [0, 0.1) is 11.8 Å². The van der Waals surface area contributed by atoms with Gasteiger partial charge in [0.05, 0.1) is 19.0 Å². The maximum Gasteiger partial charge on any atom is 0.408 e. The molecule has 0 heterocycles. The van der Waals surface area contributed by atoms with Gasteiger partial charge in [-0.05, 0) is 45.1 Å². The van der Waals surface area contributed by atoms with Crippen molar-refractivity contribution >= 4 is 29.5 Å². The molecule has 2 atom stereocenters. The molecule has 35 heavy (non-hydrogen) atoms. The molecule has 1 aromatic carbocycles. The Balaban J connectivity index is 2.93. The monoisotopic (exact) mass is 490 g/mol. The molecule has 9 nitrogen and oxygen atoms in total. The van der Waals surface area contributed by atoms with Gasteiger partial charge < -0.3 is 20.5 Å². The van der Waals surface area contributed by atoms with Crippen LogP contribution in [0.4, 0.5) is 4.79 Å². The number of Topliss-reactive ketones (excluding diaryl/α,β-unsaturated/α-hetero) is 2. The molecule has 3 N–H and O–H groups in total. The molecule has 1 rings (SSSR count). The van der Waals surface area contributed by atoms with Gasteiger partial charge in [-0.15, -0.1) is 0 Å². The Morgan fingerprint density at radius 1 is 1.00 bits per heavy atom. The van der Waals surface area contributed by atoms with Gasteiger partial charge in [-0.3, -0.25) is 19.2 Å². The van der Waals surface area contributed by atoms with Crippen molar-refractivity contribution in [3.63, 3.8) is 0 Å². The topological polar surface area (TPSA) is 139 Å². The third-order valence-corrected chi connectivity index (χ3v) is 5.00. The fourth-order valence-corrected chi connectivity index (χ4v) is 3.42. The Bertz CT molecular complexity index is 875. The second-order valence-electron chi connectivity index (χ2n) is 10.0. The summed E-state index contributed by atoms with van der Waals surface area (Å²) in [6.07, 6.45) is -0.746. The lowest BCUT2D eigenvalue weighted by Crippen LogP contribution is -2.45. The number of carbonyl (C=O) groups excluding carboxylic acids is 4.